The molecule has 0 aliphatic heterocycles. The van der Waals surface area contributed by atoms with Gasteiger partial charge in [0.1, 0.15) is 27.5 Å². The summed E-state index contributed by atoms with van der Waals surface area (Å²) >= 11 is 1.35. The number of hydrogen-bond acceptors (Lipinski definition) is 7. The Morgan fingerprint density at radius 3 is 2.57 bits per heavy atom. The number of carbonyl (C=O) groups is 1. The van der Waals surface area contributed by atoms with Crippen LogP contribution in [0.5, 0.6) is 5.75 Å². The first-order chi connectivity index (χ1) is 13.6. The molecule has 28 heavy (non-hydrogen) atoms. The van der Waals surface area contributed by atoms with Gasteiger partial charge in [0.2, 0.25) is 5.13 Å². The number of ether oxygens (including phenoxy) is 1. The summed E-state index contributed by atoms with van der Waals surface area (Å²) in [7, 11) is 0. The standard InChI is InChI=1S/C19H18N6O2S/c1-3-18-21-22-19(28-18)20-17(26)11-27-16-9-8-12(2)10-15(16)25-23-13-6-4-5-7-14(13)24-25/h4-10H,3,11H2,1-2H3,(H,20,22,26). The van der Waals surface area contributed by atoms with E-state index >= 15 is 0 Å². The molecule has 1 N–H and O–H groups in total. The van der Waals surface area contributed by atoms with Crippen molar-refractivity contribution in [1.29, 1.82) is 0 Å². The quantitative estimate of drug-likeness (QED) is 0.540. The summed E-state index contributed by atoms with van der Waals surface area (Å²) in [6.45, 7) is 3.81. The van der Waals surface area contributed by atoms with Gasteiger partial charge in [-0.3, -0.25) is 10.1 Å². The largest absolute Gasteiger partial charge is 0.481 e. The van der Waals surface area contributed by atoms with E-state index in [1.54, 1.807) is 0 Å². The predicted molar refractivity (Wildman–Crippen MR) is 107 cm³/mol. The predicted octanol–water partition coefficient (Wildman–Crippen LogP) is 3.16. The summed E-state index contributed by atoms with van der Waals surface area (Å²) in [6, 6.07) is 13.3. The van der Waals surface area contributed by atoms with E-state index in [0.29, 0.717) is 16.6 Å². The van der Waals surface area contributed by atoms with Gasteiger partial charge in [-0.05, 0) is 43.2 Å². The highest BCUT2D eigenvalue weighted by Crippen LogP contribution is 2.24. The molecule has 1 amide bonds. The van der Waals surface area contributed by atoms with Crippen molar-refractivity contribution in [3.63, 3.8) is 0 Å². The molecule has 0 aliphatic carbocycles. The van der Waals surface area contributed by atoms with Gasteiger partial charge in [0.15, 0.2) is 6.61 Å². The molecule has 2 aromatic heterocycles. The molecule has 9 heteroatoms. The zero-order valence-electron chi connectivity index (χ0n) is 15.4. The van der Waals surface area contributed by atoms with Crippen LogP contribution in [0, 0.1) is 6.92 Å². The van der Waals surface area contributed by atoms with E-state index < -0.39 is 0 Å². The average Bonchev–Trinajstić information content (AvgIpc) is 3.33. The van der Waals surface area contributed by atoms with Gasteiger partial charge >= 0.3 is 0 Å². The molecule has 0 aliphatic rings. The molecule has 2 heterocycles. The Balaban J connectivity index is 1.52. The van der Waals surface area contributed by atoms with Gasteiger partial charge in [-0.1, -0.05) is 36.5 Å². The minimum Gasteiger partial charge on any atom is -0.481 e. The Labute approximate surface area is 165 Å². The van der Waals surface area contributed by atoms with Crippen LogP contribution in [0.3, 0.4) is 0 Å². The van der Waals surface area contributed by atoms with E-state index in [2.05, 4.69) is 25.7 Å². The zero-order chi connectivity index (χ0) is 19.5. The number of anilines is 1. The summed E-state index contributed by atoms with van der Waals surface area (Å²) in [6.07, 6.45) is 0.780. The Kier molecular flexibility index (Phi) is 4.98. The molecule has 0 unspecified atom stereocenters. The highest BCUT2D eigenvalue weighted by atomic mass is 32.1. The first-order valence-corrected chi connectivity index (χ1v) is 9.62. The molecule has 4 aromatic rings. The number of carbonyl (C=O) groups excluding carboxylic acids is 1. The van der Waals surface area contributed by atoms with Crippen molar-refractivity contribution in [3.05, 3.63) is 53.0 Å². The van der Waals surface area contributed by atoms with E-state index in [-0.39, 0.29) is 12.5 Å². The van der Waals surface area contributed by atoms with Gasteiger partial charge in [-0.15, -0.1) is 25.2 Å². The maximum absolute atomic E-state index is 12.2. The Morgan fingerprint density at radius 1 is 1.14 bits per heavy atom. The third kappa shape index (κ3) is 3.84. The third-order valence-electron chi connectivity index (χ3n) is 3.99. The summed E-state index contributed by atoms with van der Waals surface area (Å²) in [5.74, 6) is 0.219. The van der Waals surface area contributed by atoms with Gasteiger partial charge in [0.25, 0.3) is 5.91 Å². The minimum atomic E-state index is -0.302. The maximum Gasteiger partial charge on any atom is 0.264 e. The third-order valence-corrected chi connectivity index (χ3v) is 4.97. The fourth-order valence-electron chi connectivity index (χ4n) is 2.62. The molecule has 0 fully saturated rings. The van der Waals surface area contributed by atoms with E-state index in [9.17, 15) is 4.79 Å². The number of amides is 1. The minimum absolute atomic E-state index is 0.155. The normalized spacial score (nSPS) is 10.9. The van der Waals surface area contributed by atoms with Crippen molar-refractivity contribution in [1.82, 2.24) is 25.2 Å². The molecule has 0 spiro atoms. The summed E-state index contributed by atoms with van der Waals surface area (Å²) in [4.78, 5) is 13.7. The molecule has 0 saturated carbocycles. The zero-order valence-corrected chi connectivity index (χ0v) is 16.2. The van der Waals surface area contributed by atoms with Crippen molar-refractivity contribution in [2.24, 2.45) is 0 Å². The summed E-state index contributed by atoms with van der Waals surface area (Å²) < 4.78 is 5.75. The lowest BCUT2D eigenvalue weighted by Crippen LogP contribution is -2.20. The summed E-state index contributed by atoms with van der Waals surface area (Å²) in [5.41, 5.74) is 3.29. The van der Waals surface area contributed by atoms with E-state index in [1.807, 2.05) is 56.3 Å². The number of rotatable bonds is 6. The van der Waals surface area contributed by atoms with Crippen LogP contribution in [0.25, 0.3) is 16.7 Å². The first-order valence-electron chi connectivity index (χ1n) is 8.80. The molecule has 4 rings (SSSR count). The van der Waals surface area contributed by atoms with Crippen LogP contribution in [0.15, 0.2) is 42.5 Å². The topological polar surface area (TPSA) is 94.8 Å². The number of nitrogens with one attached hydrogen (secondary N) is 1. The fraction of sp³-hybridized carbons (Fsp3) is 0.211. The number of aromatic nitrogens is 5. The number of benzene rings is 2. The fourth-order valence-corrected chi connectivity index (χ4v) is 3.31. The second kappa shape index (κ2) is 7.73. The summed E-state index contributed by atoms with van der Waals surface area (Å²) in [5, 5.41) is 21.0. The van der Waals surface area contributed by atoms with Gasteiger partial charge in [0.05, 0.1) is 0 Å². The lowest BCUT2D eigenvalue weighted by atomic mass is 10.2. The molecule has 2 aromatic carbocycles. The Bertz CT molecular complexity index is 1100. The number of hydrogen-bond donors (Lipinski definition) is 1. The van der Waals surface area contributed by atoms with Crippen molar-refractivity contribution >= 4 is 33.4 Å². The molecule has 0 radical (unpaired) electrons. The first kappa shape index (κ1) is 18.1. The average molecular weight is 394 g/mol. The molecule has 0 saturated heterocycles. The lowest BCUT2D eigenvalue weighted by Gasteiger charge is -2.11. The molecule has 0 atom stereocenters. The van der Waals surface area contributed by atoms with Crippen molar-refractivity contribution < 1.29 is 9.53 Å². The van der Waals surface area contributed by atoms with Crippen LogP contribution in [0.4, 0.5) is 5.13 Å². The Morgan fingerprint density at radius 2 is 1.89 bits per heavy atom. The van der Waals surface area contributed by atoms with E-state index in [1.165, 1.54) is 16.1 Å². The van der Waals surface area contributed by atoms with Gasteiger partial charge in [0, 0.05) is 0 Å². The number of fused-ring (bicyclic) bond motifs is 1. The number of aryl methyl sites for hydroxylation is 2. The number of nitrogens with zero attached hydrogens (tertiary/aromatic N) is 5. The van der Waals surface area contributed by atoms with Crippen LogP contribution < -0.4 is 10.1 Å². The van der Waals surface area contributed by atoms with Crippen LogP contribution >= 0.6 is 11.3 Å². The molecule has 0 bridgehead atoms. The molecule has 8 nitrogen and oxygen atoms in total. The van der Waals surface area contributed by atoms with Crippen LogP contribution in [-0.4, -0.2) is 37.7 Å². The van der Waals surface area contributed by atoms with Crippen molar-refractivity contribution in [2.75, 3.05) is 11.9 Å². The highest BCUT2D eigenvalue weighted by Gasteiger charge is 2.13. The maximum atomic E-state index is 12.2. The smallest absolute Gasteiger partial charge is 0.264 e. The van der Waals surface area contributed by atoms with Crippen LogP contribution in [0.2, 0.25) is 0 Å². The van der Waals surface area contributed by atoms with Crippen molar-refractivity contribution in [3.8, 4) is 11.4 Å². The monoisotopic (exact) mass is 394 g/mol. The Hall–Kier alpha value is -3.33. The van der Waals surface area contributed by atoms with Crippen LogP contribution in [0.1, 0.15) is 17.5 Å². The van der Waals surface area contributed by atoms with Crippen LogP contribution in [-0.2, 0) is 11.2 Å². The van der Waals surface area contributed by atoms with Gasteiger partial charge in [-0.25, -0.2) is 0 Å². The second-order valence-electron chi connectivity index (χ2n) is 6.14. The molecular formula is C19H18N6O2S. The lowest BCUT2D eigenvalue weighted by molar-refractivity contribution is -0.118. The van der Waals surface area contributed by atoms with Crippen molar-refractivity contribution in [2.45, 2.75) is 20.3 Å². The second-order valence-corrected chi connectivity index (χ2v) is 7.20. The van der Waals surface area contributed by atoms with Gasteiger partial charge in [-0.2, -0.15) is 0 Å². The SMILES string of the molecule is CCc1nnc(NC(=O)COc2ccc(C)cc2-n2nc3ccccc3n2)s1. The highest BCUT2D eigenvalue weighted by molar-refractivity contribution is 7.15. The van der Waals surface area contributed by atoms with E-state index in [4.69, 9.17) is 4.74 Å². The molecular weight excluding hydrogens is 376 g/mol. The molecule has 142 valence electrons. The van der Waals surface area contributed by atoms with Gasteiger partial charge < -0.3 is 4.74 Å². The van der Waals surface area contributed by atoms with E-state index in [0.717, 1.165) is 28.0 Å².